The fourth-order valence-corrected chi connectivity index (χ4v) is 3.34. The number of methoxy groups -OCH3 is 1. The molecule has 2 aromatic heterocycles. The SMILES string of the molecule is COc1ccc(-c2cc(C(=O)N[C@@H](Cc3nc4ccccc4[nH]3)C(=O)O)c(C)o2)cc1. The van der Waals surface area contributed by atoms with Crippen LogP contribution in [0.4, 0.5) is 0 Å². The van der Waals surface area contributed by atoms with Gasteiger partial charge in [-0.05, 0) is 49.4 Å². The predicted molar refractivity (Wildman–Crippen MR) is 114 cm³/mol. The van der Waals surface area contributed by atoms with Crippen molar-refractivity contribution in [2.75, 3.05) is 7.11 Å². The molecule has 8 heteroatoms. The molecule has 0 aliphatic rings. The quantitative estimate of drug-likeness (QED) is 0.422. The minimum absolute atomic E-state index is 0.0258. The summed E-state index contributed by atoms with van der Waals surface area (Å²) in [6.07, 6.45) is 0.0258. The highest BCUT2D eigenvalue weighted by atomic mass is 16.5. The summed E-state index contributed by atoms with van der Waals surface area (Å²) in [6.45, 7) is 1.66. The zero-order chi connectivity index (χ0) is 22.0. The number of ether oxygens (including phenoxy) is 1. The minimum atomic E-state index is -1.15. The molecule has 8 nitrogen and oxygen atoms in total. The number of aryl methyl sites for hydroxylation is 1. The first-order chi connectivity index (χ1) is 14.9. The van der Waals surface area contributed by atoms with Crippen molar-refractivity contribution in [1.82, 2.24) is 15.3 Å². The minimum Gasteiger partial charge on any atom is -0.497 e. The van der Waals surface area contributed by atoms with E-state index in [1.165, 1.54) is 0 Å². The van der Waals surface area contributed by atoms with Crippen LogP contribution in [-0.4, -0.2) is 40.1 Å². The van der Waals surface area contributed by atoms with Gasteiger partial charge in [-0.3, -0.25) is 4.79 Å². The number of benzene rings is 2. The van der Waals surface area contributed by atoms with Crippen LogP contribution in [0.1, 0.15) is 21.9 Å². The standard InChI is InChI=1S/C23H21N3O5/c1-13-16(11-20(31-13)14-7-9-15(30-2)10-8-14)22(27)26-19(23(28)29)12-21-24-17-5-3-4-6-18(17)25-21/h3-11,19H,12H2,1-2H3,(H,24,25)(H,26,27)(H,28,29)/t19-/m0/s1. The molecule has 0 saturated heterocycles. The number of hydrogen-bond donors (Lipinski definition) is 3. The highest BCUT2D eigenvalue weighted by Crippen LogP contribution is 2.27. The molecular weight excluding hydrogens is 398 g/mol. The molecule has 4 rings (SSSR count). The smallest absolute Gasteiger partial charge is 0.326 e. The van der Waals surface area contributed by atoms with Crippen LogP contribution in [0.3, 0.4) is 0 Å². The molecule has 1 amide bonds. The summed E-state index contributed by atoms with van der Waals surface area (Å²) in [5.74, 6) is 0.428. The number of nitrogens with one attached hydrogen (secondary N) is 2. The van der Waals surface area contributed by atoms with Crippen molar-refractivity contribution < 1.29 is 23.8 Å². The number of fused-ring (bicyclic) bond motifs is 1. The van der Waals surface area contributed by atoms with E-state index in [1.54, 1.807) is 32.2 Å². The number of carbonyl (C=O) groups is 2. The first kappa shape index (κ1) is 20.2. The van der Waals surface area contributed by atoms with Gasteiger partial charge in [0.2, 0.25) is 0 Å². The van der Waals surface area contributed by atoms with Crippen LogP contribution in [0.2, 0.25) is 0 Å². The number of hydrogen-bond acceptors (Lipinski definition) is 5. The van der Waals surface area contributed by atoms with Gasteiger partial charge in [0, 0.05) is 12.0 Å². The van der Waals surface area contributed by atoms with Gasteiger partial charge in [-0.2, -0.15) is 0 Å². The van der Waals surface area contributed by atoms with E-state index in [1.807, 2.05) is 36.4 Å². The second-order valence-corrected chi connectivity index (χ2v) is 7.08. The molecule has 2 heterocycles. The van der Waals surface area contributed by atoms with Crippen LogP contribution in [0.15, 0.2) is 59.0 Å². The molecule has 0 aliphatic carbocycles. The number of nitrogens with zero attached hydrogens (tertiary/aromatic N) is 1. The highest BCUT2D eigenvalue weighted by Gasteiger charge is 2.25. The molecule has 0 spiro atoms. The Hall–Kier alpha value is -4.07. The van der Waals surface area contributed by atoms with Crippen LogP contribution in [0.5, 0.6) is 5.75 Å². The van der Waals surface area contributed by atoms with Gasteiger partial charge in [-0.1, -0.05) is 12.1 Å². The van der Waals surface area contributed by atoms with E-state index in [0.717, 1.165) is 16.6 Å². The van der Waals surface area contributed by atoms with Crippen LogP contribution < -0.4 is 10.1 Å². The van der Waals surface area contributed by atoms with Crippen molar-refractivity contribution in [3.63, 3.8) is 0 Å². The first-order valence-corrected chi connectivity index (χ1v) is 9.66. The number of aromatic amines is 1. The third-order valence-corrected chi connectivity index (χ3v) is 4.98. The van der Waals surface area contributed by atoms with Crippen LogP contribution in [-0.2, 0) is 11.2 Å². The largest absolute Gasteiger partial charge is 0.497 e. The van der Waals surface area contributed by atoms with E-state index in [0.29, 0.717) is 23.1 Å². The normalized spacial score (nSPS) is 11.9. The van der Waals surface area contributed by atoms with Crippen molar-refractivity contribution in [2.24, 2.45) is 0 Å². The molecule has 4 aromatic rings. The monoisotopic (exact) mass is 419 g/mol. The van der Waals surface area contributed by atoms with Gasteiger partial charge in [0.15, 0.2) is 0 Å². The first-order valence-electron chi connectivity index (χ1n) is 9.66. The Bertz CT molecular complexity index is 1210. The topological polar surface area (TPSA) is 117 Å². The molecule has 0 unspecified atom stereocenters. The van der Waals surface area contributed by atoms with E-state index in [9.17, 15) is 14.7 Å². The molecule has 0 radical (unpaired) electrons. The lowest BCUT2D eigenvalue weighted by Crippen LogP contribution is -2.42. The summed E-state index contributed by atoms with van der Waals surface area (Å²) in [7, 11) is 1.58. The van der Waals surface area contributed by atoms with Gasteiger partial charge in [-0.25, -0.2) is 9.78 Å². The van der Waals surface area contributed by atoms with Crippen molar-refractivity contribution >= 4 is 22.9 Å². The molecule has 2 aromatic carbocycles. The molecule has 0 saturated carbocycles. The van der Waals surface area contributed by atoms with Crippen molar-refractivity contribution in [1.29, 1.82) is 0 Å². The number of amides is 1. The Balaban J connectivity index is 1.52. The lowest BCUT2D eigenvalue weighted by molar-refractivity contribution is -0.139. The summed E-state index contributed by atoms with van der Waals surface area (Å²) in [6, 6.07) is 15.1. The number of furan rings is 1. The average molecular weight is 419 g/mol. The third kappa shape index (κ3) is 4.28. The Labute approximate surface area is 177 Å². The lowest BCUT2D eigenvalue weighted by atomic mass is 10.1. The van der Waals surface area contributed by atoms with Gasteiger partial charge in [0.25, 0.3) is 5.91 Å². The third-order valence-electron chi connectivity index (χ3n) is 4.98. The van der Waals surface area contributed by atoms with Gasteiger partial charge >= 0.3 is 5.97 Å². The maximum absolute atomic E-state index is 12.8. The Morgan fingerprint density at radius 3 is 2.61 bits per heavy atom. The number of carboxylic acids is 1. The van der Waals surface area contributed by atoms with E-state index in [4.69, 9.17) is 9.15 Å². The fourth-order valence-electron chi connectivity index (χ4n) is 3.34. The Kier molecular flexibility index (Phi) is 5.44. The van der Waals surface area contributed by atoms with Crippen molar-refractivity contribution in [2.45, 2.75) is 19.4 Å². The van der Waals surface area contributed by atoms with Gasteiger partial charge in [0.05, 0.1) is 23.7 Å². The number of carboxylic acid groups (broad SMARTS) is 1. The lowest BCUT2D eigenvalue weighted by Gasteiger charge is -2.12. The molecule has 31 heavy (non-hydrogen) atoms. The van der Waals surface area contributed by atoms with E-state index >= 15 is 0 Å². The van der Waals surface area contributed by atoms with E-state index in [-0.39, 0.29) is 12.0 Å². The number of para-hydroxylation sites is 2. The zero-order valence-electron chi connectivity index (χ0n) is 17.0. The van der Waals surface area contributed by atoms with E-state index in [2.05, 4.69) is 15.3 Å². The summed E-state index contributed by atoms with van der Waals surface area (Å²) in [5, 5.41) is 12.2. The Morgan fingerprint density at radius 1 is 1.19 bits per heavy atom. The summed E-state index contributed by atoms with van der Waals surface area (Å²) in [4.78, 5) is 32.0. The van der Waals surface area contributed by atoms with Gasteiger partial charge in [0.1, 0.15) is 29.1 Å². The predicted octanol–water partition coefficient (Wildman–Crippen LogP) is 3.57. The summed E-state index contributed by atoms with van der Waals surface area (Å²) in [5.41, 5.74) is 2.60. The second-order valence-electron chi connectivity index (χ2n) is 7.08. The molecule has 1 atom stereocenters. The maximum atomic E-state index is 12.8. The van der Waals surface area contributed by atoms with Crippen molar-refractivity contribution in [3.05, 3.63) is 71.7 Å². The summed E-state index contributed by atoms with van der Waals surface area (Å²) < 4.78 is 10.9. The fraction of sp³-hybridized carbons (Fsp3) is 0.174. The van der Waals surface area contributed by atoms with Gasteiger partial charge in [-0.15, -0.1) is 0 Å². The average Bonchev–Trinajstić information content (AvgIpc) is 3.36. The molecule has 0 bridgehead atoms. The number of imidazole rings is 1. The second kappa shape index (κ2) is 8.35. The zero-order valence-corrected chi connectivity index (χ0v) is 17.0. The van der Waals surface area contributed by atoms with Crippen LogP contribution in [0.25, 0.3) is 22.4 Å². The number of carbonyl (C=O) groups excluding carboxylic acids is 1. The van der Waals surface area contributed by atoms with Crippen molar-refractivity contribution in [3.8, 4) is 17.1 Å². The highest BCUT2D eigenvalue weighted by molar-refractivity contribution is 5.98. The number of rotatable bonds is 7. The number of aliphatic carboxylic acids is 1. The van der Waals surface area contributed by atoms with E-state index < -0.39 is 17.9 Å². The van der Waals surface area contributed by atoms with Crippen LogP contribution >= 0.6 is 0 Å². The maximum Gasteiger partial charge on any atom is 0.326 e. The number of H-pyrrole nitrogens is 1. The van der Waals surface area contributed by atoms with Gasteiger partial charge < -0.3 is 24.6 Å². The molecule has 0 fully saturated rings. The summed E-state index contributed by atoms with van der Waals surface area (Å²) >= 11 is 0. The van der Waals surface area contributed by atoms with Crippen LogP contribution in [0, 0.1) is 6.92 Å². The molecule has 158 valence electrons. The number of aromatic nitrogens is 2. The molecular formula is C23H21N3O5. The molecule has 0 aliphatic heterocycles. The Morgan fingerprint density at radius 2 is 1.94 bits per heavy atom. The molecule has 3 N–H and O–H groups in total.